The van der Waals surface area contributed by atoms with Gasteiger partial charge in [-0.2, -0.15) is 4.98 Å². The average Bonchev–Trinajstić information content (AvgIpc) is 2.95. The van der Waals surface area contributed by atoms with Crippen LogP contribution in [0.15, 0.2) is 17.5 Å². The fourth-order valence-corrected chi connectivity index (χ4v) is 2.05. The van der Waals surface area contributed by atoms with Gasteiger partial charge in [-0.05, 0) is 11.4 Å². The lowest BCUT2D eigenvalue weighted by molar-refractivity contribution is -0.139. The Bertz CT molecular complexity index is 565. The van der Waals surface area contributed by atoms with Crippen LogP contribution in [0.4, 0.5) is 5.95 Å². The van der Waals surface area contributed by atoms with Crippen LogP contribution in [0.1, 0.15) is 21.5 Å². The molecule has 0 fully saturated rings. The van der Waals surface area contributed by atoms with Crippen LogP contribution < -0.4 is 11.1 Å². The van der Waals surface area contributed by atoms with E-state index in [1.165, 1.54) is 11.3 Å². The third kappa shape index (κ3) is 2.46. The molecule has 9 heteroatoms. The summed E-state index contributed by atoms with van der Waals surface area (Å²) in [6.07, 6.45) is 0. The predicted molar refractivity (Wildman–Crippen MR) is 63.0 cm³/mol. The van der Waals surface area contributed by atoms with Gasteiger partial charge in [0, 0.05) is 4.88 Å². The van der Waals surface area contributed by atoms with E-state index in [4.69, 9.17) is 10.8 Å². The first-order valence-corrected chi connectivity index (χ1v) is 5.71. The molecule has 0 aliphatic heterocycles. The minimum absolute atomic E-state index is 0.0804. The summed E-state index contributed by atoms with van der Waals surface area (Å²) < 4.78 is 0. The molecule has 0 aliphatic carbocycles. The molecular formula is C9H9N5O3S. The Morgan fingerprint density at radius 3 is 2.83 bits per heavy atom. The molecule has 0 saturated carbocycles. The number of hydrogen-bond acceptors (Lipinski definition) is 6. The van der Waals surface area contributed by atoms with Gasteiger partial charge in [-0.15, -0.1) is 16.4 Å². The monoisotopic (exact) mass is 267 g/mol. The van der Waals surface area contributed by atoms with Crippen molar-refractivity contribution in [2.24, 2.45) is 0 Å². The molecule has 2 heterocycles. The molecular weight excluding hydrogens is 258 g/mol. The lowest BCUT2D eigenvalue weighted by Gasteiger charge is -2.11. The van der Waals surface area contributed by atoms with Crippen LogP contribution in [0.25, 0.3) is 0 Å². The molecule has 2 aromatic heterocycles. The summed E-state index contributed by atoms with van der Waals surface area (Å²) in [7, 11) is 0. The molecule has 1 atom stereocenters. The Morgan fingerprint density at radius 1 is 1.56 bits per heavy atom. The number of nitrogens with two attached hydrogens (primary N) is 1. The van der Waals surface area contributed by atoms with Crippen LogP contribution in [0.2, 0.25) is 0 Å². The number of H-pyrrole nitrogens is 1. The fourth-order valence-electron chi connectivity index (χ4n) is 1.29. The Hall–Kier alpha value is -2.42. The topological polar surface area (TPSA) is 134 Å². The Morgan fingerprint density at radius 2 is 2.33 bits per heavy atom. The normalized spacial score (nSPS) is 12.0. The van der Waals surface area contributed by atoms with E-state index in [-0.39, 0.29) is 11.8 Å². The molecule has 8 nitrogen and oxygen atoms in total. The van der Waals surface area contributed by atoms with E-state index >= 15 is 0 Å². The van der Waals surface area contributed by atoms with Gasteiger partial charge in [-0.25, -0.2) is 4.79 Å². The number of nitrogen functional groups attached to an aromatic ring is 1. The fraction of sp³-hybridized carbons (Fsp3) is 0.111. The number of nitrogens with zero attached hydrogens (tertiary/aromatic N) is 2. The Labute approximate surface area is 105 Å². The zero-order valence-corrected chi connectivity index (χ0v) is 9.77. The Balaban J connectivity index is 2.15. The van der Waals surface area contributed by atoms with Gasteiger partial charge in [0.25, 0.3) is 5.91 Å². The zero-order valence-electron chi connectivity index (χ0n) is 8.95. The van der Waals surface area contributed by atoms with E-state index in [2.05, 4.69) is 20.5 Å². The van der Waals surface area contributed by atoms with E-state index in [1.54, 1.807) is 17.5 Å². The number of anilines is 1. The Kier molecular flexibility index (Phi) is 3.24. The summed E-state index contributed by atoms with van der Waals surface area (Å²) >= 11 is 1.24. The maximum atomic E-state index is 11.7. The SMILES string of the molecule is Nc1n[nH]c(C(=O)NC(C(=O)O)c2cccs2)n1. The second-order valence-corrected chi connectivity index (χ2v) is 4.28. The maximum Gasteiger partial charge on any atom is 0.331 e. The van der Waals surface area contributed by atoms with E-state index in [1.807, 2.05) is 0 Å². The number of aromatic amines is 1. The molecule has 0 aromatic carbocycles. The molecule has 2 rings (SSSR count). The quantitative estimate of drug-likeness (QED) is 0.616. The molecule has 18 heavy (non-hydrogen) atoms. The summed E-state index contributed by atoms with van der Waals surface area (Å²) in [5.74, 6) is -2.04. The summed E-state index contributed by atoms with van der Waals surface area (Å²) in [6, 6.07) is 2.20. The number of thiophene rings is 1. The largest absolute Gasteiger partial charge is 0.479 e. The number of nitrogens with one attached hydrogen (secondary N) is 2. The number of aliphatic carboxylic acids is 1. The lowest BCUT2D eigenvalue weighted by atomic mass is 10.2. The minimum atomic E-state index is -1.15. The number of carboxylic acids is 1. The van der Waals surface area contributed by atoms with Crippen molar-refractivity contribution in [2.45, 2.75) is 6.04 Å². The first kappa shape index (κ1) is 12.0. The highest BCUT2D eigenvalue weighted by molar-refractivity contribution is 7.10. The van der Waals surface area contributed by atoms with Crippen molar-refractivity contribution in [3.63, 3.8) is 0 Å². The van der Waals surface area contributed by atoms with Crippen molar-refractivity contribution < 1.29 is 14.7 Å². The number of carboxylic acid groups (broad SMARTS) is 1. The molecule has 1 unspecified atom stereocenters. The van der Waals surface area contributed by atoms with Crippen LogP contribution in [-0.2, 0) is 4.79 Å². The van der Waals surface area contributed by atoms with Crippen LogP contribution in [0.5, 0.6) is 0 Å². The molecule has 5 N–H and O–H groups in total. The lowest BCUT2D eigenvalue weighted by Crippen LogP contribution is -2.33. The standard InChI is InChI=1S/C9H9N5O3S/c10-9-12-6(13-14-9)7(15)11-5(8(16)17)4-2-1-3-18-4/h1-3,5H,(H,11,15)(H,16,17)(H3,10,12,13,14). The van der Waals surface area contributed by atoms with E-state index < -0.39 is 17.9 Å². The highest BCUT2D eigenvalue weighted by atomic mass is 32.1. The molecule has 0 radical (unpaired) electrons. The van der Waals surface area contributed by atoms with Gasteiger partial charge in [0.05, 0.1) is 0 Å². The molecule has 0 saturated heterocycles. The van der Waals surface area contributed by atoms with Gasteiger partial charge in [-0.3, -0.25) is 9.89 Å². The summed E-state index contributed by atoms with van der Waals surface area (Å²) in [4.78, 5) is 26.9. The smallest absolute Gasteiger partial charge is 0.331 e. The van der Waals surface area contributed by atoms with Crippen molar-refractivity contribution in [3.05, 3.63) is 28.2 Å². The van der Waals surface area contributed by atoms with Crippen molar-refractivity contribution in [1.29, 1.82) is 0 Å². The molecule has 2 aromatic rings. The van der Waals surface area contributed by atoms with E-state index in [0.29, 0.717) is 4.88 Å². The number of amides is 1. The summed E-state index contributed by atoms with van der Waals surface area (Å²) in [6.45, 7) is 0. The van der Waals surface area contributed by atoms with Crippen LogP contribution in [0.3, 0.4) is 0 Å². The first-order valence-electron chi connectivity index (χ1n) is 4.83. The van der Waals surface area contributed by atoms with Gasteiger partial charge in [0.1, 0.15) is 0 Å². The second-order valence-electron chi connectivity index (χ2n) is 3.30. The number of carbonyl (C=O) groups is 2. The maximum absolute atomic E-state index is 11.7. The van der Waals surface area contributed by atoms with E-state index in [0.717, 1.165) is 0 Å². The van der Waals surface area contributed by atoms with Gasteiger partial charge in [0.15, 0.2) is 6.04 Å². The third-order valence-corrected chi connectivity index (χ3v) is 3.01. The second kappa shape index (κ2) is 4.84. The molecule has 94 valence electrons. The number of hydrogen-bond donors (Lipinski definition) is 4. The minimum Gasteiger partial charge on any atom is -0.479 e. The number of carbonyl (C=O) groups excluding carboxylic acids is 1. The van der Waals surface area contributed by atoms with Crippen LogP contribution in [0, 0.1) is 0 Å². The number of rotatable bonds is 4. The first-order chi connectivity index (χ1) is 8.58. The summed E-state index contributed by atoms with van der Waals surface area (Å²) in [5, 5.41) is 18.9. The van der Waals surface area contributed by atoms with Crippen molar-refractivity contribution in [2.75, 3.05) is 5.73 Å². The van der Waals surface area contributed by atoms with E-state index in [9.17, 15) is 9.59 Å². The summed E-state index contributed by atoms with van der Waals surface area (Å²) in [5.41, 5.74) is 5.25. The molecule has 0 bridgehead atoms. The van der Waals surface area contributed by atoms with Crippen molar-refractivity contribution >= 4 is 29.2 Å². The average molecular weight is 267 g/mol. The third-order valence-electron chi connectivity index (χ3n) is 2.07. The zero-order chi connectivity index (χ0) is 13.1. The van der Waals surface area contributed by atoms with Crippen LogP contribution in [-0.4, -0.2) is 32.2 Å². The molecule has 1 amide bonds. The van der Waals surface area contributed by atoms with Gasteiger partial charge in [0.2, 0.25) is 11.8 Å². The highest BCUT2D eigenvalue weighted by Gasteiger charge is 2.24. The van der Waals surface area contributed by atoms with Gasteiger partial charge in [-0.1, -0.05) is 6.07 Å². The van der Waals surface area contributed by atoms with Crippen molar-refractivity contribution in [1.82, 2.24) is 20.5 Å². The van der Waals surface area contributed by atoms with Gasteiger partial charge < -0.3 is 16.2 Å². The highest BCUT2D eigenvalue weighted by Crippen LogP contribution is 2.19. The van der Waals surface area contributed by atoms with Crippen molar-refractivity contribution in [3.8, 4) is 0 Å². The predicted octanol–water partition coefficient (Wildman–Crippen LogP) is 0.00410. The molecule has 0 spiro atoms. The van der Waals surface area contributed by atoms with Gasteiger partial charge >= 0.3 is 5.97 Å². The number of aromatic nitrogens is 3. The van der Waals surface area contributed by atoms with Crippen LogP contribution >= 0.6 is 11.3 Å². The molecule has 0 aliphatic rings.